The second-order valence-corrected chi connectivity index (χ2v) is 6.45. The van der Waals surface area contributed by atoms with Crippen LogP contribution in [0.2, 0.25) is 5.02 Å². The van der Waals surface area contributed by atoms with Crippen LogP contribution in [0, 0.1) is 0 Å². The number of nitrogens with zero attached hydrogens (tertiary/aromatic N) is 1. The Morgan fingerprint density at radius 1 is 0.958 bits per heavy atom. The Kier molecular flexibility index (Phi) is 4.92. The summed E-state index contributed by atoms with van der Waals surface area (Å²) in [5.74, 6) is 1.81. The van der Waals surface area contributed by atoms with Crippen LogP contribution < -0.4 is 14.2 Å². The smallest absolute Gasteiger partial charge is 0.203 e. The molecule has 0 amide bonds. The Morgan fingerprint density at radius 3 is 2.29 bits per heavy atom. The molecule has 2 aromatic carbocycles. The van der Waals surface area contributed by atoms with Gasteiger partial charge in [0.25, 0.3) is 0 Å². The van der Waals surface area contributed by atoms with E-state index in [1.54, 1.807) is 32.7 Å². The molecule has 0 atom stereocenters. The molecule has 0 unspecified atom stereocenters. The average molecular weight is 362 g/mol. The van der Waals surface area contributed by atoms with Crippen LogP contribution in [0.1, 0.15) is 10.6 Å². The fourth-order valence-electron chi connectivity index (χ4n) is 2.35. The van der Waals surface area contributed by atoms with E-state index < -0.39 is 0 Å². The van der Waals surface area contributed by atoms with Gasteiger partial charge in [0.15, 0.2) is 11.5 Å². The molecule has 1 heterocycles. The van der Waals surface area contributed by atoms with E-state index in [0.717, 1.165) is 20.8 Å². The van der Waals surface area contributed by atoms with Crippen LogP contribution in [0.25, 0.3) is 22.4 Å². The van der Waals surface area contributed by atoms with Gasteiger partial charge < -0.3 is 14.2 Å². The van der Waals surface area contributed by atoms with Crippen LogP contribution in [0.4, 0.5) is 0 Å². The zero-order valence-electron chi connectivity index (χ0n) is 13.5. The highest BCUT2D eigenvalue weighted by Crippen LogP contribution is 2.38. The zero-order chi connectivity index (χ0) is 17.1. The monoisotopic (exact) mass is 361 g/mol. The number of aromatic nitrogens is 1. The van der Waals surface area contributed by atoms with Gasteiger partial charge in [0.1, 0.15) is 5.01 Å². The Hall–Kier alpha value is -2.24. The highest BCUT2D eigenvalue weighted by molar-refractivity contribution is 7.19. The second kappa shape index (κ2) is 7.11. The summed E-state index contributed by atoms with van der Waals surface area (Å²) in [5.41, 5.74) is 1.83. The van der Waals surface area contributed by atoms with Crippen molar-refractivity contribution in [2.24, 2.45) is 0 Å². The number of ether oxygens (including phenoxy) is 3. The molecule has 0 fully saturated rings. The fraction of sp³-hybridized carbons (Fsp3) is 0.167. The molecule has 0 radical (unpaired) electrons. The number of rotatable bonds is 5. The summed E-state index contributed by atoms with van der Waals surface area (Å²) < 4.78 is 17.2. The van der Waals surface area contributed by atoms with Gasteiger partial charge in [-0.05, 0) is 42.0 Å². The molecule has 0 aliphatic rings. The van der Waals surface area contributed by atoms with E-state index in [9.17, 15) is 0 Å². The van der Waals surface area contributed by atoms with Gasteiger partial charge in [0, 0.05) is 5.02 Å². The van der Waals surface area contributed by atoms with Crippen LogP contribution in [0.3, 0.4) is 0 Å². The lowest BCUT2D eigenvalue weighted by atomic mass is 10.1. The molecular weight excluding hydrogens is 346 g/mol. The summed E-state index contributed by atoms with van der Waals surface area (Å²) in [7, 11) is 4.78. The van der Waals surface area contributed by atoms with Crippen molar-refractivity contribution in [2.75, 3.05) is 21.3 Å². The van der Waals surface area contributed by atoms with Crippen LogP contribution in [-0.4, -0.2) is 26.3 Å². The van der Waals surface area contributed by atoms with Gasteiger partial charge in [-0.15, -0.1) is 11.3 Å². The van der Waals surface area contributed by atoms with Crippen molar-refractivity contribution in [2.45, 2.75) is 0 Å². The maximum Gasteiger partial charge on any atom is 0.203 e. The van der Waals surface area contributed by atoms with Gasteiger partial charge in [0.2, 0.25) is 5.75 Å². The summed E-state index contributed by atoms with van der Waals surface area (Å²) in [6.45, 7) is 0. The normalized spacial score (nSPS) is 11.2. The van der Waals surface area contributed by atoms with Crippen LogP contribution >= 0.6 is 22.9 Å². The number of hydrogen-bond acceptors (Lipinski definition) is 5. The molecule has 4 nitrogen and oxygen atoms in total. The Balaban J connectivity index is 1.95. The molecule has 0 spiro atoms. The number of halogens is 1. The van der Waals surface area contributed by atoms with Crippen molar-refractivity contribution in [1.29, 1.82) is 0 Å². The number of benzene rings is 2. The summed E-state index contributed by atoms with van der Waals surface area (Å²) in [4.78, 5) is 4.57. The molecule has 0 bridgehead atoms. The van der Waals surface area contributed by atoms with Crippen molar-refractivity contribution in [3.63, 3.8) is 0 Å². The third kappa shape index (κ3) is 3.32. The summed E-state index contributed by atoms with van der Waals surface area (Å²) in [6, 6.07) is 9.50. The van der Waals surface area contributed by atoms with Crippen molar-refractivity contribution < 1.29 is 14.2 Å². The molecule has 1 aromatic heterocycles. The van der Waals surface area contributed by atoms with Crippen LogP contribution in [0.15, 0.2) is 30.3 Å². The molecule has 3 rings (SSSR count). The van der Waals surface area contributed by atoms with Gasteiger partial charge in [-0.3, -0.25) is 0 Å². The van der Waals surface area contributed by atoms with Crippen LogP contribution in [-0.2, 0) is 0 Å². The molecule has 24 heavy (non-hydrogen) atoms. The lowest BCUT2D eigenvalue weighted by molar-refractivity contribution is 0.324. The Labute approximate surface area is 149 Å². The van der Waals surface area contributed by atoms with Gasteiger partial charge in [0.05, 0.1) is 31.5 Å². The molecule has 124 valence electrons. The maximum absolute atomic E-state index is 6.00. The minimum atomic E-state index is 0.576. The van der Waals surface area contributed by atoms with E-state index in [1.165, 1.54) is 0 Å². The van der Waals surface area contributed by atoms with Gasteiger partial charge in [-0.2, -0.15) is 0 Å². The van der Waals surface area contributed by atoms with Crippen molar-refractivity contribution in [3.05, 3.63) is 45.9 Å². The topological polar surface area (TPSA) is 40.6 Å². The first-order valence-corrected chi connectivity index (χ1v) is 8.38. The Morgan fingerprint density at radius 2 is 1.67 bits per heavy atom. The van der Waals surface area contributed by atoms with E-state index in [1.807, 2.05) is 42.5 Å². The van der Waals surface area contributed by atoms with Gasteiger partial charge in [-0.25, -0.2) is 4.98 Å². The highest BCUT2D eigenvalue weighted by atomic mass is 35.5. The lowest BCUT2D eigenvalue weighted by Gasteiger charge is -2.12. The first-order chi connectivity index (χ1) is 11.6. The number of methoxy groups -OCH3 is 3. The summed E-state index contributed by atoms with van der Waals surface area (Å²) >= 11 is 7.61. The zero-order valence-corrected chi connectivity index (χ0v) is 15.1. The quantitative estimate of drug-likeness (QED) is 0.630. The first kappa shape index (κ1) is 16.6. The van der Waals surface area contributed by atoms with Crippen molar-refractivity contribution in [3.8, 4) is 17.2 Å². The van der Waals surface area contributed by atoms with E-state index in [0.29, 0.717) is 22.3 Å². The average Bonchev–Trinajstić information content (AvgIpc) is 3.00. The van der Waals surface area contributed by atoms with Crippen molar-refractivity contribution in [1.82, 2.24) is 4.98 Å². The molecule has 0 aliphatic carbocycles. The van der Waals surface area contributed by atoms with Gasteiger partial charge >= 0.3 is 0 Å². The lowest BCUT2D eigenvalue weighted by Crippen LogP contribution is -1.95. The molecule has 0 saturated heterocycles. The second-order valence-electron chi connectivity index (χ2n) is 4.96. The van der Waals surface area contributed by atoms with E-state index >= 15 is 0 Å². The minimum Gasteiger partial charge on any atom is -0.493 e. The predicted octanol–water partition coefficient (Wildman–Crippen LogP) is 5.15. The number of thiazole rings is 1. The van der Waals surface area contributed by atoms with E-state index in [-0.39, 0.29) is 0 Å². The van der Waals surface area contributed by atoms with E-state index in [4.69, 9.17) is 25.8 Å². The number of fused-ring (bicyclic) bond motifs is 1. The third-order valence-corrected chi connectivity index (χ3v) is 4.71. The first-order valence-electron chi connectivity index (χ1n) is 7.18. The highest BCUT2D eigenvalue weighted by Gasteiger charge is 2.12. The largest absolute Gasteiger partial charge is 0.493 e. The molecule has 0 aliphatic heterocycles. The summed E-state index contributed by atoms with van der Waals surface area (Å²) in [6.07, 6.45) is 3.92. The van der Waals surface area contributed by atoms with Gasteiger partial charge in [-0.1, -0.05) is 17.7 Å². The minimum absolute atomic E-state index is 0.576. The maximum atomic E-state index is 6.00. The molecular formula is C18H16ClNO3S. The van der Waals surface area contributed by atoms with Crippen LogP contribution in [0.5, 0.6) is 17.2 Å². The van der Waals surface area contributed by atoms with Crippen molar-refractivity contribution >= 4 is 45.3 Å². The summed E-state index contributed by atoms with van der Waals surface area (Å²) in [5, 5.41) is 1.59. The molecule has 0 saturated carbocycles. The molecule has 0 N–H and O–H groups in total. The Bertz CT molecular complexity index is 879. The van der Waals surface area contributed by atoms with E-state index in [2.05, 4.69) is 4.98 Å². The molecule has 3 aromatic rings. The standard InChI is InChI=1S/C18H16ClNO3S/c1-21-14-8-11(9-15(22-2)18(14)23-3)4-7-17-20-13-10-12(19)5-6-16(13)24-17/h4-10H,1-3H3/b7-4+. The predicted molar refractivity (Wildman–Crippen MR) is 99.7 cm³/mol. The molecule has 6 heteroatoms. The third-order valence-electron chi connectivity index (χ3n) is 3.47. The fourth-order valence-corrected chi connectivity index (χ4v) is 3.37. The number of hydrogen-bond donors (Lipinski definition) is 0. The SMILES string of the molecule is COc1cc(/C=C/c2nc3cc(Cl)ccc3s2)cc(OC)c1OC.